The summed E-state index contributed by atoms with van der Waals surface area (Å²) in [6.45, 7) is 1.86. The van der Waals surface area contributed by atoms with Crippen LogP contribution in [0.25, 0.3) is 0 Å². The summed E-state index contributed by atoms with van der Waals surface area (Å²) >= 11 is 0. The maximum Gasteiger partial charge on any atom is 0.334 e. The predicted molar refractivity (Wildman–Crippen MR) is 70.6 cm³/mol. The molecule has 0 aromatic heterocycles. The van der Waals surface area contributed by atoms with Crippen LogP contribution in [0.3, 0.4) is 0 Å². The van der Waals surface area contributed by atoms with Crippen LogP contribution in [0.15, 0.2) is 18.2 Å². The van der Waals surface area contributed by atoms with Gasteiger partial charge in [-0.2, -0.15) is 0 Å². The molecule has 1 fully saturated rings. The molecule has 1 unspecified atom stereocenters. The van der Waals surface area contributed by atoms with Crippen LogP contribution in [0, 0.1) is 12.7 Å². The number of aryl methyl sites for hydroxylation is 1. The Morgan fingerprint density at radius 3 is 3.00 bits per heavy atom. The highest BCUT2D eigenvalue weighted by atomic mass is 19.1. The molecule has 0 aliphatic carbocycles. The Morgan fingerprint density at radius 2 is 2.29 bits per heavy atom. The summed E-state index contributed by atoms with van der Waals surface area (Å²) in [7, 11) is 0. The number of carbonyl (C=O) groups is 2. The van der Waals surface area contributed by atoms with Gasteiger partial charge in [-0.15, -0.1) is 0 Å². The van der Waals surface area contributed by atoms with E-state index < -0.39 is 23.8 Å². The van der Waals surface area contributed by atoms with Gasteiger partial charge in [-0.25, -0.2) is 9.18 Å². The fraction of sp³-hybridized carbons (Fsp3) is 0.429. The highest BCUT2D eigenvalue weighted by Crippen LogP contribution is 2.18. The van der Waals surface area contributed by atoms with E-state index in [1.807, 2.05) is 0 Å². The average Bonchev–Trinajstić information content (AvgIpc) is 2.48. The molecule has 2 rings (SSSR count). The highest BCUT2D eigenvalue weighted by Gasteiger charge is 2.29. The van der Waals surface area contributed by atoms with Crippen molar-refractivity contribution in [2.24, 2.45) is 0 Å². The summed E-state index contributed by atoms with van der Waals surface area (Å²) in [6, 6.07) is 4.37. The van der Waals surface area contributed by atoms with Gasteiger partial charge >= 0.3 is 5.97 Å². The molecule has 1 saturated heterocycles. The number of ether oxygens (including phenoxy) is 2. The van der Waals surface area contributed by atoms with Crippen molar-refractivity contribution in [2.45, 2.75) is 13.0 Å². The van der Waals surface area contributed by atoms with Crippen molar-refractivity contribution in [3.8, 4) is 5.75 Å². The number of amides is 1. The van der Waals surface area contributed by atoms with E-state index >= 15 is 0 Å². The molecule has 1 aromatic carbocycles. The van der Waals surface area contributed by atoms with Crippen molar-refractivity contribution in [3.63, 3.8) is 0 Å². The minimum absolute atomic E-state index is 0.00592. The maximum atomic E-state index is 13.5. The molecule has 1 aliphatic rings. The zero-order chi connectivity index (χ0) is 15.4. The van der Waals surface area contributed by atoms with Crippen LogP contribution in [0.1, 0.15) is 5.56 Å². The lowest BCUT2D eigenvalue weighted by Gasteiger charge is -2.30. The number of rotatable bonds is 4. The van der Waals surface area contributed by atoms with Crippen LogP contribution in [0.2, 0.25) is 0 Å². The Balaban J connectivity index is 1.92. The van der Waals surface area contributed by atoms with Gasteiger partial charge in [-0.05, 0) is 24.6 Å². The first kappa shape index (κ1) is 15.2. The zero-order valence-electron chi connectivity index (χ0n) is 11.5. The number of morpholine rings is 1. The second kappa shape index (κ2) is 6.53. The van der Waals surface area contributed by atoms with Gasteiger partial charge in [0.25, 0.3) is 5.91 Å². The second-order valence-electron chi connectivity index (χ2n) is 4.76. The van der Waals surface area contributed by atoms with E-state index in [9.17, 15) is 14.0 Å². The van der Waals surface area contributed by atoms with Crippen LogP contribution in [-0.4, -0.2) is 54.3 Å². The van der Waals surface area contributed by atoms with Crippen molar-refractivity contribution in [1.29, 1.82) is 0 Å². The smallest absolute Gasteiger partial charge is 0.334 e. The summed E-state index contributed by atoms with van der Waals surface area (Å²) < 4.78 is 23.7. The molecular weight excluding hydrogens is 281 g/mol. The van der Waals surface area contributed by atoms with E-state index in [0.717, 1.165) is 5.56 Å². The van der Waals surface area contributed by atoms with Gasteiger partial charge in [-0.3, -0.25) is 4.79 Å². The molecule has 21 heavy (non-hydrogen) atoms. The minimum atomic E-state index is -1.11. The van der Waals surface area contributed by atoms with Crippen LogP contribution < -0.4 is 4.74 Å². The standard InChI is InChI=1S/C14H16FNO5/c1-9-2-3-10(15)11(6-9)21-8-13(17)16-4-5-20-12(7-16)14(18)19/h2-3,6,12H,4-5,7-8H2,1H3,(H,18,19). The molecule has 1 N–H and O–H groups in total. The maximum absolute atomic E-state index is 13.5. The molecule has 0 radical (unpaired) electrons. The normalized spacial score (nSPS) is 18.4. The van der Waals surface area contributed by atoms with Crippen LogP contribution in [-0.2, 0) is 14.3 Å². The number of carbonyl (C=O) groups excluding carboxylic acids is 1. The molecule has 1 heterocycles. The number of aliphatic carboxylic acids is 1. The highest BCUT2D eigenvalue weighted by molar-refractivity contribution is 5.79. The molecule has 1 amide bonds. The lowest BCUT2D eigenvalue weighted by Crippen LogP contribution is -2.49. The fourth-order valence-corrected chi connectivity index (χ4v) is 1.98. The first-order valence-electron chi connectivity index (χ1n) is 6.48. The second-order valence-corrected chi connectivity index (χ2v) is 4.76. The Kier molecular flexibility index (Phi) is 4.74. The summed E-state index contributed by atoms with van der Waals surface area (Å²) in [5.74, 6) is -2.05. The Labute approximate surface area is 121 Å². The first-order chi connectivity index (χ1) is 9.97. The van der Waals surface area contributed by atoms with Gasteiger partial charge in [-0.1, -0.05) is 6.07 Å². The number of hydrogen-bond donors (Lipinski definition) is 1. The number of hydrogen-bond acceptors (Lipinski definition) is 4. The van der Waals surface area contributed by atoms with Crippen molar-refractivity contribution in [2.75, 3.05) is 26.3 Å². The SMILES string of the molecule is Cc1ccc(F)c(OCC(=O)N2CCOC(C(=O)O)C2)c1. The third kappa shape index (κ3) is 3.91. The summed E-state index contributed by atoms with van der Waals surface area (Å²) in [5.41, 5.74) is 0.816. The van der Waals surface area contributed by atoms with Gasteiger partial charge in [0.05, 0.1) is 13.2 Å². The van der Waals surface area contributed by atoms with E-state index in [-0.39, 0.29) is 25.5 Å². The van der Waals surface area contributed by atoms with E-state index in [4.69, 9.17) is 14.6 Å². The summed E-state index contributed by atoms with van der Waals surface area (Å²) in [4.78, 5) is 24.1. The largest absolute Gasteiger partial charge is 0.481 e. The zero-order valence-corrected chi connectivity index (χ0v) is 11.5. The molecule has 114 valence electrons. The monoisotopic (exact) mass is 297 g/mol. The predicted octanol–water partition coefficient (Wildman–Crippen LogP) is 0.825. The molecule has 7 heteroatoms. The van der Waals surface area contributed by atoms with Gasteiger partial charge in [0, 0.05) is 6.54 Å². The lowest BCUT2D eigenvalue weighted by molar-refractivity contribution is -0.159. The number of nitrogens with zero attached hydrogens (tertiary/aromatic N) is 1. The average molecular weight is 297 g/mol. The molecule has 1 aromatic rings. The Bertz CT molecular complexity index is 548. The van der Waals surface area contributed by atoms with Crippen molar-refractivity contribution < 1.29 is 28.6 Å². The van der Waals surface area contributed by atoms with Crippen LogP contribution >= 0.6 is 0 Å². The van der Waals surface area contributed by atoms with Crippen LogP contribution in [0.5, 0.6) is 5.75 Å². The van der Waals surface area contributed by atoms with Gasteiger partial charge in [0.1, 0.15) is 0 Å². The van der Waals surface area contributed by atoms with E-state index in [2.05, 4.69) is 0 Å². The van der Waals surface area contributed by atoms with Crippen molar-refractivity contribution in [1.82, 2.24) is 4.90 Å². The van der Waals surface area contributed by atoms with E-state index in [0.29, 0.717) is 6.54 Å². The van der Waals surface area contributed by atoms with E-state index in [1.54, 1.807) is 13.0 Å². The molecule has 0 spiro atoms. The molecule has 6 nitrogen and oxygen atoms in total. The molecule has 0 bridgehead atoms. The third-order valence-electron chi connectivity index (χ3n) is 3.13. The van der Waals surface area contributed by atoms with Gasteiger partial charge in [0.2, 0.25) is 0 Å². The van der Waals surface area contributed by atoms with E-state index in [1.165, 1.54) is 17.0 Å². The molecule has 1 atom stereocenters. The molecular formula is C14H16FNO5. The fourth-order valence-electron chi connectivity index (χ4n) is 1.98. The lowest BCUT2D eigenvalue weighted by atomic mass is 10.2. The van der Waals surface area contributed by atoms with Gasteiger partial charge in [0.15, 0.2) is 24.3 Å². The molecule has 1 aliphatic heterocycles. The Hall–Kier alpha value is -2.15. The Morgan fingerprint density at radius 1 is 1.52 bits per heavy atom. The number of carboxylic acids is 1. The molecule has 0 saturated carbocycles. The summed E-state index contributed by atoms with van der Waals surface area (Å²) in [6.07, 6.45) is -1.03. The topological polar surface area (TPSA) is 76.1 Å². The van der Waals surface area contributed by atoms with Crippen molar-refractivity contribution >= 4 is 11.9 Å². The van der Waals surface area contributed by atoms with Crippen molar-refractivity contribution in [3.05, 3.63) is 29.6 Å². The first-order valence-corrected chi connectivity index (χ1v) is 6.48. The third-order valence-corrected chi connectivity index (χ3v) is 3.13. The quantitative estimate of drug-likeness (QED) is 0.890. The minimum Gasteiger partial charge on any atom is -0.481 e. The number of benzene rings is 1. The summed E-state index contributed by atoms with van der Waals surface area (Å²) in [5, 5.41) is 8.87. The van der Waals surface area contributed by atoms with Crippen LogP contribution in [0.4, 0.5) is 4.39 Å². The van der Waals surface area contributed by atoms with Gasteiger partial charge < -0.3 is 19.5 Å². The number of halogens is 1. The number of carboxylic acid groups (broad SMARTS) is 1.